The van der Waals surface area contributed by atoms with E-state index in [1.807, 2.05) is 0 Å². The standard InChI is InChI=1S/C8H7F2NO2S/c9-5-3-6(10)8(11-4-5)14-2-1-7(12)13/h3-4H,1-2H2,(H,12,13). The van der Waals surface area contributed by atoms with Gasteiger partial charge in [-0.05, 0) is 0 Å². The fraction of sp³-hybridized carbons (Fsp3) is 0.250. The topological polar surface area (TPSA) is 50.2 Å². The fourth-order valence-corrected chi connectivity index (χ4v) is 1.54. The number of aromatic nitrogens is 1. The van der Waals surface area contributed by atoms with Crippen molar-refractivity contribution in [3.63, 3.8) is 0 Å². The molecule has 0 atom stereocenters. The first kappa shape index (κ1) is 10.9. The predicted octanol–water partition coefficient (Wildman–Crippen LogP) is 1.93. The molecule has 0 unspecified atom stereocenters. The minimum absolute atomic E-state index is 0.0210. The van der Waals surface area contributed by atoms with Crippen LogP contribution < -0.4 is 0 Å². The predicted molar refractivity (Wildman–Crippen MR) is 47.1 cm³/mol. The van der Waals surface area contributed by atoms with E-state index in [1.54, 1.807) is 0 Å². The van der Waals surface area contributed by atoms with Crippen molar-refractivity contribution < 1.29 is 18.7 Å². The Morgan fingerprint density at radius 1 is 1.57 bits per heavy atom. The van der Waals surface area contributed by atoms with Crippen molar-refractivity contribution in [2.45, 2.75) is 11.4 Å². The number of aliphatic carboxylic acids is 1. The highest BCUT2D eigenvalue weighted by Crippen LogP contribution is 2.19. The van der Waals surface area contributed by atoms with Crippen LogP contribution >= 0.6 is 11.8 Å². The molecule has 0 aromatic carbocycles. The van der Waals surface area contributed by atoms with Crippen molar-refractivity contribution >= 4 is 17.7 Å². The van der Waals surface area contributed by atoms with Crippen LogP contribution in [0.25, 0.3) is 0 Å². The van der Waals surface area contributed by atoms with Crippen LogP contribution in [0, 0.1) is 11.6 Å². The number of nitrogens with zero attached hydrogens (tertiary/aromatic N) is 1. The molecule has 76 valence electrons. The number of carboxylic acids is 1. The van der Waals surface area contributed by atoms with Gasteiger partial charge in [-0.25, -0.2) is 13.8 Å². The Balaban J connectivity index is 2.55. The van der Waals surface area contributed by atoms with Crippen LogP contribution in [0.1, 0.15) is 6.42 Å². The molecule has 1 rings (SSSR count). The van der Waals surface area contributed by atoms with E-state index in [0.29, 0.717) is 0 Å². The van der Waals surface area contributed by atoms with Gasteiger partial charge < -0.3 is 5.11 Å². The molecule has 0 amide bonds. The van der Waals surface area contributed by atoms with E-state index >= 15 is 0 Å². The molecule has 0 aliphatic rings. The third kappa shape index (κ3) is 3.29. The van der Waals surface area contributed by atoms with Crippen LogP contribution in [-0.2, 0) is 4.79 Å². The Morgan fingerprint density at radius 2 is 2.29 bits per heavy atom. The number of pyridine rings is 1. The monoisotopic (exact) mass is 219 g/mol. The Bertz CT molecular complexity index is 346. The zero-order valence-electron chi connectivity index (χ0n) is 7.04. The fourth-order valence-electron chi connectivity index (χ4n) is 0.743. The van der Waals surface area contributed by atoms with E-state index in [1.165, 1.54) is 0 Å². The first-order valence-corrected chi connectivity index (χ1v) is 4.74. The Kier molecular flexibility index (Phi) is 3.82. The molecule has 0 bridgehead atoms. The number of halogens is 2. The number of hydrogen-bond donors (Lipinski definition) is 1. The van der Waals surface area contributed by atoms with Gasteiger partial charge in [0, 0.05) is 11.8 Å². The molecule has 1 aromatic heterocycles. The quantitative estimate of drug-likeness (QED) is 0.786. The maximum Gasteiger partial charge on any atom is 0.304 e. The van der Waals surface area contributed by atoms with E-state index < -0.39 is 17.6 Å². The van der Waals surface area contributed by atoms with E-state index in [4.69, 9.17) is 5.11 Å². The summed E-state index contributed by atoms with van der Waals surface area (Å²) in [5.74, 6) is -2.25. The lowest BCUT2D eigenvalue weighted by molar-refractivity contribution is -0.136. The van der Waals surface area contributed by atoms with Crippen molar-refractivity contribution in [3.8, 4) is 0 Å². The van der Waals surface area contributed by atoms with Gasteiger partial charge in [-0.2, -0.15) is 0 Å². The molecule has 3 nitrogen and oxygen atoms in total. The summed E-state index contributed by atoms with van der Waals surface area (Å²) in [5.41, 5.74) is 0. The summed E-state index contributed by atoms with van der Waals surface area (Å²) in [7, 11) is 0. The number of hydrogen-bond acceptors (Lipinski definition) is 3. The lowest BCUT2D eigenvalue weighted by Crippen LogP contribution is -1.97. The molecule has 0 fully saturated rings. The molecule has 0 radical (unpaired) electrons. The second-order valence-corrected chi connectivity index (χ2v) is 3.52. The van der Waals surface area contributed by atoms with Crippen LogP contribution in [0.2, 0.25) is 0 Å². The first-order valence-electron chi connectivity index (χ1n) is 3.75. The summed E-state index contributed by atoms with van der Waals surface area (Å²) < 4.78 is 25.3. The Hall–Kier alpha value is -1.17. The van der Waals surface area contributed by atoms with E-state index in [9.17, 15) is 13.6 Å². The van der Waals surface area contributed by atoms with E-state index in [-0.39, 0.29) is 17.2 Å². The molecule has 0 aliphatic carbocycles. The normalized spacial score (nSPS) is 10.1. The third-order valence-corrected chi connectivity index (χ3v) is 2.31. The van der Waals surface area contributed by atoms with Gasteiger partial charge in [-0.1, -0.05) is 0 Å². The minimum Gasteiger partial charge on any atom is -0.481 e. The molecular formula is C8H7F2NO2S. The molecule has 0 aliphatic heterocycles. The first-order chi connectivity index (χ1) is 6.59. The highest BCUT2D eigenvalue weighted by Gasteiger charge is 2.06. The van der Waals surface area contributed by atoms with Gasteiger partial charge >= 0.3 is 5.97 Å². The molecule has 6 heteroatoms. The smallest absolute Gasteiger partial charge is 0.304 e. The summed E-state index contributed by atoms with van der Waals surface area (Å²) in [4.78, 5) is 13.6. The number of rotatable bonds is 4. The average molecular weight is 219 g/mol. The van der Waals surface area contributed by atoms with Crippen molar-refractivity contribution in [2.24, 2.45) is 0 Å². The van der Waals surface area contributed by atoms with E-state index in [0.717, 1.165) is 24.0 Å². The molecular weight excluding hydrogens is 212 g/mol. The number of carboxylic acid groups (broad SMARTS) is 1. The Labute approximate surface area is 83.2 Å². The van der Waals surface area contributed by atoms with Gasteiger partial charge in [-0.3, -0.25) is 4.79 Å². The van der Waals surface area contributed by atoms with Crippen molar-refractivity contribution in [3.05, 3.63) is 23.9 Å². The zero-order chi connectivity index (χ0) is 10.6. The average Bonchev–Trinajstić information content (AvgIpc) is 2.08. The highest BCUT2D eigenvalue weighted by molar-refractivity contribution is 7.99. The summed E-state index contributed by atoms with van der Waals surface area (Å²) in [6.45, 7) is 0. The van der Waals surface area contributed by atoms with Crippen LogP contribution in [0.4, 0.5) is 8.78 Å². The van der Waals surface area contributed by atoms with Gasteiger partial charge in [0.05, 0.1) is 12.6 Å². The van der Waals surface area contributed by atoms with Gasteiger partial charge in [0.25, 0.3) is 0 Å². The van der Waals surface area contributed by atoms with Crippen molar-refractivity contribution in [1.29, 1.82) is 0 Å². The second-order valence-electron chi connectivity index (χ2n) is 2.43. The molecule has 1 N–H and O–H groups in total. The van der Waals surface area contributed by atoms with Crippen molar-refractivity contribution in [2.75, 3.05) is 5.75 Å². The summed E-state index contributed by atoms with van der Waals surface area (Å²) in [6.07, 6.45) is 0.815. The Morgan fingerprint density at radius 3 is 2.86 bits per heavy atom. The largest absolute Gasteiger partial charge is 0.481 e. The van der Waals surface area contributed by atoms with E-state index in [2.05, 4.69) is 4.98 Å². The highest BCUT2D eigenvalue weighted by atomic mass is 32.2. The lowest BCUT2D eigenvalue weighted by atomic mass is 10.5. The maximum atomic E-state index is 12.9. The van der Waals surface area contributed by atoms with Gasteiger partial charge in [0.1, 0.15) is 10.8 Å². The van der Waals surface area contributed by atoms with Crippen LogP contribution in [0.3, 0.4) is 0 Å². The maximum absolute atomic E-state index is 12.9. The summed E-state index contributed by atoms with van der Waals surface area (Å²) in [6, 6.07) is 0.718. The van der Waals surface area contributed by atoms with Crippen LogP contribution in [0.5, 0.6) is 0 Å². The minimum atomic E-state index is -0.958. The summed E-state index contributed by atoms with van der Waals surface area (Å²) >= 11 is 0.950. The molecule has 14 heavy (non-hydrogen) atoms. The zero-order valence-corrected chi connectivity index (χ0v) is 7.85. The third-order valence-electron chi connectivity index (χ3n) is 1.33. The molecule has 1 heterocycles. The second kappa shape index (κ2) is 4.90. The number of carbonyl (C=O) groups is 1. The van der Waals surface area contributed by atoms with Gasteiger partial charge in [0.15, 0.2) is 5.82 Å². The van der Waals surface area contributed by atoms with Gasteiger partial charge in [-0.15, -0.1) is 11.8 Å². The lowest BCUT2D eigenvalue weighted by Gasteiger charge is -1.99. The molecule has 0 saturated carbocycles. The molecule has 1 aromatic rings. The van der Waals surface area contributed by atoms with Crippen molar-refractivity contribution in [1.82, 2.24) is 4.98 Å². The van der Waals surface area contributed by atoms with Crippen LogP contribution in [0.15, 0.2) is 17.3 Å². The SMILES string of the molecule is O=C(O)CCSc1ncc(F)cc1F. The molecule has 0 spiro atoms. The molecule has 0 saturated heterocycles. The van der Waals surface area contributed by atoms with Gasteiger partial charge in [0.2, 0.25) is 0 Å². The number of thioether (sulfide) groups is 1. The van der Waals surface area contributed by atoms with Crippen LogP contribution in [-0.4, -0.2) is 21.8 Å². The summed E-state index contributed by atoms with van der Waals surface area (Å²) in [5, 5.41) is 8.34.